The Morgan fingerprint density at radius 3 is 3.27 bits per heavy atom. The first kappa shape index (κ1) is 6.84. The number of aromatic nitrogens is 1. The monoisotopic (exact) mass is 147 g/mol. The van der Waals surface area contributed by atoms with Gasteiger partial charge < -0.3 is 0 Å². The molecule has 1 atom stereocenters. The summed E-state index contributed by atoms with van der Waals surface area (Å²) >= 11 is 0. The Kier molecular flexibility index (Phi) is 1.65. The summed E-state index contributed by atoms with van der Waals surface area (Å²) in [5, 5.41) is 0. The summed E-state index contributed by atoms with van der Waals surface area (Å²) in [4.78, 5) is 4.15. The molecule has 0 aliphatic heterocycles. The van der Waals surface area contributed by atoms with Crippen LogP contribution >= 0.6 is 0 Å². The van der Waals surface area contributed by atoms with Crippen LogP contribution in [0.3, 0.4) is 0 Å². The molecule has 11 heavy (non-hydrogen) atoms. The van der Waals surface area contributed by atoms with Crippen molar-refractivity contribution in [3.63, 3.8) is 0 Å². The standard InChI is InChI=1S/C10H13N/c1-8-3-2-4-9-5-6-11-7-10(8)9/h5-8H,2-4H2,1H3/t8-/m1/s1. The lowest BCUT2D eigenvalue weighted by molar-refractivity contribution is 0.587. The predicted molar refractivity (Wildman–Crippen MR) is 45.6 cm³/mol. The predicted octanol–water partition coefficient (Wildman–Crippen LogP) is 2.52. The normalized spacial score (nSPS) is 22.8. The first-order chi connectivity index (χ1) is 5.38. The molecule has 1 aromatic heterocycles. The van der Waals surface area contributed by atoms with Gasteiger partial charge in [0.15, 0.2) is 0 Å². The van der Waals surface area contributed by atoms with E-state index >= 15 is 0 Å². The fraction of sp³-hybridized carbons (Fsp3) is 0.500. The fourth-order valence-corrected chi connectivity index (χ4v) is 1.86. The Morgan fingerprint density at radius 1 is 1.55 bits per heavy atom. The molecule has 0 radical (unpaired) electrons. The minimum Gasteiger partial charge on any atom is -0.264 e. The number of aryl methyl sites for hydroxylation is 1. The van der Waals surface area contributed by atoms with Gasteiger partial charge in [0, 0.05) is 12.4 Å². The van der Waals surface area contributed by atoms with Crippen LogP contribution in [0, 0.1) is 0 Å². The highest BCUT2D eigenvalue weighted by Crippen LogP contribution is 2.29. The van der Waals surface area contributed by atoms with Crippen LogP contribution in [0.4, 0.5) is 0 Å². The van der Waals surface area contributed by atoms with Crippen molar-refractivity contribution in [1.82, 2.24) is 4.98 Å². The largest absolute Gasteiger partial charge is 0.264 e. The lowest BCUT2D eigenvalue weighted by atomic mass is 9.85. The molecule has 0 N–H and O–H groups in total. The first-order valence-corrected chi connectivity index (χ1v) is 4.30. The third-order valence-electron chi connectivity index (χ3n) is 2.56. The van der Waals surface area contributed by atoms with E-state index in [0.717, 1.165) is 5.92 Å². The molecule has 0 aromatic carbocycles. The molecular weight excluding hydrogens is 134 g/mol. The number of pyridine rings is 1. The Labute approximate surface area is 67.5 Å². The first-order valence-electron chi connectivity index (χ1n) is 4.30. The van der Waals surface area contributed by atoms with Gasteiger partial charge in [-0.15, -0.1) is 0 Å². The topological polar surface area (TPSA) is 12.9 Å². The number of rotatable bonds is 0. The third kappa shape index (κ3) is 1.15. The summed E-state index contributed by atoms with van der Waals surface area (Å²) in [6.07, 6.45) is 7.86. The van der Waals surface area contributed by atoms with Crippen LogP contribution in [0.15, 0.2) is 18.5 Å². The highest BCUT2D eigenvalue weighted by molar-refractivity contribution is 5.28. The van der Waals surface area contributed by atoms with E-state index < -0.39 is 0 Å². The van der Waals surface area contributed by atoms with Gasteiger partial charge >= 0.3 is 0 Å². The zero-order chi connectivity index (χ0) is 7.68. The SMILES string of the molecule is C[C@@H]1CCCc2ccncc21. The van der Waals surface area contributed by atoms with Gasteiger partial charge in [-0.25, -0.2) is 0 Å². The van der Waals surface area contributed by atoms with Crippen LogP contribution in [0.5, 0.6) is 0 Å². The minimum absolute atomic E-state index is 0.729. The van der Waals surface area contributed by atoms with Gasteiger partial charge in [-0.05, 0) is 42.4 Å². The van der Waals surface area contributed by atoms with Gasteiger partial charge in [-0.3, -0.25) is 4.98 Å². The van der Waals surface area contributed by atoms with E-state index in [0.29, 0.717) is 0 Å². The van der Waals surface area contributed by atoms with Crippen LogP contribution in [0.25, 0.3) is 0 Å². The molecule has 0 saturated heterocycles. The molecule has 1 heteroatoms. The third-order valence-corrected chi connectivity index (χ3v) is 2.56. The van der Waals surface area contributed by atoms with E-state index in [9.17, 15) is 0 Å². The van der Waals surface area contributed by atoms with Gasteiger partial charge in [0.05, 0.1) is 0 Å². The molecule has 2 rings (SSSR count). The maximum absolute atomic E-state index is 4.15. The molecule has 1 aliphatic carbocycles. The average Bonchev–Trinajstić information content (AvgIpc) is 2.06. The Morgan fingerprint density at radius 2 is 2.45 bits per heavy atom. The van der Waals surface area contributed by atoms with Crippen molar-refractivity contribution < 1.29 is 0 Å². The van der Waals surface area contributed by atoms with E-state index in [1.165, 1.54) is 30.4 Å². The molecule has 0 unspecified atom stereocenters. The van der Waals surface area contributed by atoms with Crippen molar-refractivity contribution in [3.8, 4) is 0 Å². The molecular formula is C10H13N. The zero-order valence-electron chi connectivity index (χ0n) is 6.88. The van der Waals surface area contributed by atoms with Gasteiger partial charge in [0.25, 0.3) is 0 Å². The van der Waals surface area contributed by atoms with Crippen LogP contribution in [-0.2, 0) is 6.42 Å². The molecule has 1 nitrogen and oxygen atoms in total. The Balaban J connectivity index is 2.44. The number of nitrogens with zero attached hydrogens (tertiary/aromatic N) is 1. The second-order valence-electron chi connectivity index (χ2n) is 3.37. The van der Waals surface area contributed by atoms with Gasteiger partial charge in [0.1, 0.15) is 0 Å². The summed E-state index contributed by atoms with van der Waals surface area (Å²) in [7, 11) is 0. The molecule has 58 valence electrons. The van der Waals surface area contributed by atoms with Crippen molar-refractivity contribution in [3.05, 3.63) is 29.6 Å². The second kappa shape index (κ2) is 2.65. The van der Waals surface area contributed by atoms with E-state index in [4.69, 9.17) is 0 Å². The summed E-state index contributed by atoms with van der Waals surface area (Å²) in [6.45, 7) is 2.29. The summed E-state index contributed by atoms with van der Waals surface area (Å²) in [6, 6.07) is 2.16. The lowest BCUT2D eigenvalue weighted by Crippen LogP contribution is -2.06. The number of hydrogen-bond acceptors (Lipinski definition) is 1. The fourth-order valence-electron chi connectivity index (χ4n) is 1.86. The van der Waals surface area contributed by atoms with Crippen molar-refractivity contribution >= 4 is 0 Å². The summed E-state index contributed by atoms with van der Waals surface area (Å²) < 4.78 is 0. The molecule has 0 amide bonds. The van der Waals surface area contributed by atoms with E-state index in [2.05, 4.69) is 18.0 Å². The Bertz CT molecular complexity index is 255. The van der Waals surface area contributed by atoms with Gasteiger partial charge in [-0.2, -0.15) is 0 Å². The summed E-state index contributed by atoms with van der Waals surface area (Å²) in [5.74, 6) is 0.729. The maximum Gasteiger partial charge on any atom is 0.0305 e. The van der Waals surface area contributed by atoms with E-state index in [1.807, 2.05) is 12.4 Å². The molecule has 0 fully saturated rings. The van der Waals surface area contributed by atoms with E-state index in [-0.39, 0.29) is 0 Å². The number of hydrogen-bond donors (Lipinski definition) is 0. The molecule has 0 saturated carbocycles. The lowest BCUT2D eigenvalue weighted by Gasteiger charge is -2.20. The maximum atomic E-state index is 4.15. The molecule has 1 aliphatic rings. The van der Waals surface area contributed by atoms with Crippen molar-refractivity contribution in [2.24, 2.45) is 0 Å². The van der Waals surface area contributed by atoms with Crippen molar-refractivity contribution in [2.75, 3.05) is 0 Å². The van der Waals surface area contributed by atoms with Crippen LogP contribution < -0.4 is 0 Å². The van der Waals surface area contributed by atoms with Crippen LogP contribution in [0.1, 0.15) is 36.8 Å². The molecule has 1 heterocycles. The molecule has 0 spiro atoms. The minimum atomic E-state index is 0.729. The van der Waals surface area contributed by atoms with Crippen LogP contribution in [-0.4, -0.2) is 4.98 Å². The van der Waals surface area contributed by atoms with Gasteiger partial charge in [0.2, 0.25) is 0 Å². The molecule has 1 aromatic rings. The van der Waals surface area contributed by atoms with Crippen LogP contribution in [0.2, 0.25) is 0 Å². The zero-order valence-corrected chi connectivity index (χ0v) is 6.88. The summed E-state index contributed by atoms with van der Waals surface area (Å²) in [5.41, 5.74) is 2.98. The molecule has 0 bridgehead atoms. The van der Waals surface area contributed by atoms with E-state index in [1.54, 1.807) is 0 Å². The van der Waals surface area contributed by atoms with Crippen molar-refractivity contribution in [2.45, 2.75) is 32.1 Å². The smallest absolute Gasteiger partial charge is 0.0305 e. The average molecular weight is 147 g/mol. The highest BCUT2D eigenvalue weighted by Gasteiger charge is 2.14. The van der Waals surface area contributed by atoms with Gasteiger partial charge in [-0.1, -0.05) is 6.92 Å². The quantitative estimate of drug-likeness (QED) is 0.549. The number of fused-ring (bicyclic) bond motifs is 1. The van der Waals surface area contributed by atoms with Crippen molar-refractivity contribution in [1.29, 1.82) is 0 Å². The second-order valence-corrected chi connectivity index (χ2v) is 3.37. The Hall–Kier alpha value is -0.850. The highest BCUT2D eigenvalue weighted by atomic mass is 14.6.